The molecule has 0 radical (unpaired) electrons. The molecule has 0 fully saturated rings. The minimum Gasteiger partial charge on any atom is -0.269 e. The summed E-state index contributed by atoms with van der Waals surface area (Å²) in [7, 11) is 1.90. The largest absolute Gasteiger partial charge is 0.269 e. The van der Waals surface area contributed by atoms with Crippen LogP contribution in [0.4, 0.5) is 0 Å². The summed E-state index contributed by atoms with van der Waals surface area (Å²) in [4.78, 5) is 0. The first kappa shape index (κ1) is 11.2. The molecule has 0 N–H and O–H groups in total. The number of rotatable bonds is 2. The van der Waals surface area contributed by atoms with Crippen molar-refractivity contribution in [3.63, 3.8) is 0 Å². The molecule has 4 nitrogen and oxygen atoms in total. The van der Waals surface area contributed by atoms with E-state index in [2.05, 4.69) is 16.3 Å². The van der Waals surface area contributed by atoms with Crippen LogP contribution in [-0.4, -0.2) is 19.6 Å². The van der Waals surface area contributed by atoms with E-state index >= 15 is 0 Å². The molecular formula is C11H15ClN4. The van der Waals surface area contributed by atoms with Crippen LogP contribution in [0.15, 0.2) is 6.07 Å². The van der Waals surface area contributed by atoms with E-state index in [1.165, 1.54) is 0 Å². The van der Waals surface area contributed by atoms with E-state index in [9.17, 15) is 0 Å². The number of hydrogen-bond acceptors (Lipinski definition) is 2. The first-order valence-corrected chi connectivity index (χ1v) is 5.56. The van der Waals surface area contributed by atoms with Crippen LogP contribution < -0.4 is 0 Å². The fourth-order valence-corrected chi connectivity index (χ4v) is 2.05. The van der Waals surface area contributed by atoms with Crippen molar-refractivity contribution in [2.24, 2.45) is 7.05 Å². The maximum absolute atomic E-state index is 6.20. The van der Waals surface area contributed by atoms with Gasteiger partial charge in [-0.3, -0.25) is 9.36 Å². The molecule has 0 saturated heterocycles. The third-order valence-electron chi connectivity index (χ3n) is 2.66. The molecule has 0 aliphatic rings. The van der Waals surface area contributed by atoms with E-state index in [0.717, 1.165) is 27.8 Å². The molecule has 0 bridgehead atoms. The lowest BCUT2D eigenvalue weighted by atomic mass is 10.3. The Hall–Kier alpha value is -1.29. The summed E-state index contributed by atoms with van der Waals surface area (Å²) >= 11 is 6.20. The average Bonchev–Trinajstić information content (AvgIpc) is 2.62. The van der Waals surface area contributed by atoms with Crippen molar-refractivity contribution in [1.29, 1.82) is 0 Å². The topological polar surface area (TPSA) is 35.6 Å². The van der Waals surface area contributed by atoms with Gasteiger partial charge in [-0.05, 0) is 26.8 Å². The molecule has 2 heterocycles. The lowest BCUT2D eigenvalue weighted by molar-refractivity contribution is 0.603. The second-order valence-electron chi connectivity index (χ2n) is 4.05. The van der Waals surface area contributed by atoms with Crippen molar-refractivity contribution < 1.29 is 0 Å². The average molecular weight is 239 g/mol. The van der Waals surface area contributed by atoms with E-state index in [4.69, 9.17) is 11.6 Å². The van der Waals surface area contributed by atoms with Crippen LogP contribution in [0.1, 0.15) is 22.8 Å². The Morgan fingerprint density at radius 2 is 1.94 bits per heavy atom. The van der Waals surface area contributed by atoms with Gasteiger partial charge in [0, 0.05) is 12.7 Å². The fourth-order valence-electron chi connectivity index (χ4n) is 1.83. The summed E-state index contributed by atoms with van der Waals surface area (Å²) in [5, 5.41) is 9.43. The molecule has 0 atom stereocenters. The van der Waals surface area contributed by atoms with Crippen molar-refractivity contribution in [2.45, 2.75) is 27.3 Å². The van der Waals surface area contributed by atoms with Gasteiger partial charge in [-0.1, -0.05) is 11.6 Å². The number of hydrogen-bond donors (Lipinski definition) is 0. The highest BCUT2D eigenvalue weighted by molar-refractivity contribution is 6.31. The van der Waals surface area contributed by atoms with E-state index in [-0.39, 0.29) is 0 Å². The van der Waals surface area contributed by atoms with Gasteiger partial charge in [0.2, 0.25) is 0 Å². The summed E-state index contributed by atoms with van der Waals surface area (Å²) < 4.78 is 3.76. The van der Waals surface area contributed by atoms with Gasteiger partial charge in [0.1, 0.15) is 0 Å². The third kappa shape index (κ3) is 1.85. The predicted octanol–water partition coefficient (Wildman–Crippen LogP) is 2.24. The Kier molecular flexibility index (Phi) is 2.76. The number of aryl methyl sites for hydroxylation is 4. The van der Waals surface area contributed by atoms with E-state index in [1.54, 1.807) is 0 Å². The van der Waals surface area contributed by atoms with Crippen LogP contribution in [-0.2, 0) is 13.6 Å². The number of nitrogens with zero attached hydrogens (tertiary/aromatic N) is 4. The number of halogens is 1. The summed E-state index contributed by atoms with van der Waals surface area (Å²) in [5.74, 6) is 0. The van der Waals surface area contributed by atoms with Crippen LogP contribution in [0.3, 0.4) is 0 Å². The van der Waals surface area contributed by atoms with Gasteiger partial charge in [0.25, 0.3) is 0 Å². The molecule has 0 aliphatic carbocycles. The molecule has 2 aromatic rings. The Bertz CT molecular complexity index is 524. The summed E-state index contributed by atoms with van der Waals surface area (Å²) in [6, 6.07) is 2.05. The Labute approximate surface area is 99.8 Å². The second kappa shape index (κ2) is 3.94. The second-order valence-corrected chi connectivity index (χ2v) is 4.43. The van der Waals surface area contributed by atoms with Crippen molar-refractivity contribution >= 4 is 11.6 Å². The normalized spacial score (nSPS) is 11.1. The minimum atomic E-state index is 0.663. The lowest BCUT2D eigenvalue weighted by Crippen LogP contribution is -2.08. The standard InChI is InChI=1S/C11H15ClN4/c1-7-5-8(2)16(13-7)6-10-11(12)9(3)14-15(10)4/h5H,6H2,1-4H3. The Morgan fingerprint density at radius 1 is 1.25 bits per heavy atom. The maximum Gasteiger partial charge on any atom is 0.0866 e. The first-order valence-electron chi connectivity index (χ1n) is 5.18. The molecule has 86 valence electrons. The minimum absolute atomic E-state index is 0.663. The van der Waals surface area contributed by atoms with E-state index in [0.29, 0.717) is 6.54 Å². The molecule has 2 aromatic heterocycles. The zero-order valence-electron chi connectivity index (χ0n) is 9.95. The SMILES string of the molecule is Cc1cc(C)n(Cc2c(Cl)c(C)nn2C)n1. The van der Waals surface area contributed by atoms with Gasteiger partial charge < -0.3 is 0 Å². The van der Waals surface area contributed by atoms with E-state index in [1.807, 2.05) is 37.2 Å². The van der Waals surface area contributed by atoms with Gasteiger partial charge in [-0.25, -0.2) is 0 Å². The summed E-state index contributed by atoms with van der Waals surface area (Å²) in [6.45, 7) is 6.60. The van der Waals surface area contributed by atoms with E-state index < -0.39 is 0 Å². The molecule has 2 rings (SSSR count). The Morgan fingerprint density at radius 3 is 2.38 bits per heavy atom. The highest BCUT2D eigenvalue weighted by Gasteiger charge is 2.12. The van der Waals surface area contributed by atoms with Crippen molar-refractivity contribution in [2.75, 3.05) is 0 Å². The molecule has 5 heteroatoms. The number of aromatic nitrogens is 4. The molecule has 16 heavy (non-hydrogen) atoms. The fraction of sp³-hybridized carbons (Fsp3) is 0.455. The van der Waals surface area contributed by atoms with Gasteiger partial charge in [0.05, 0.1) is 28.6 Å². The highest BCUT2D eigenvalue weighted by atomic mass is 35.5. The lowest BCUT2D eigenvalue weighted by Gasteiger charge is -2.05. The van der Waals surface area contributed by atoms with Gasteiger partial charge in [0.15, 0.2) is 0 Å². The third-order valence-corrected chi connectivity index (χ3v) is 3.16. The van der Waals surface area contributed by atoms with Crippen molar-refractivity contribution in [3.05, 3.63) is 33.9 Å². The van der Waals surface area contributed by atoms with Crippen molar-refractivity contribution in [3.8, 4) is 0 Å². The molecule has 0 saturated carbocycles. The quantitative estimate of drug-likeness (QED) is 0.805. The summed E-state index contributed by atoms with van der Waals surface area (Å²) in [6.07, 6.45) is 0. The molecule has 0 aromatic carbocycles. The predicted molar refractivity (Wildman–Crippen MR) is 63.8 cm³/mol. The van der Waals surface area contributed by atoms with Crippen LogP contribution in [0.25, 0.3) is 0 Å². The zero-order chi connectivity index (χ0) is 11.9. The smallest absolute Gasteiger partial charge is 0.0866 e. The Balaban J connectivity index is 2.37. The molecule has 0 aliphatic heterocycles. The molecule has 0 amide bonds. The van der Waals surface area contributed by atoms with Gasteiger partial charge in [-0.2, -0.15) is 10.2 Å². The van der Waals surface area contributed by atoms with Crippen LogP contribution in [0.2, 0.25) is 5.02 Å². The molecular weight excluding hydrogens is 224 g/mol. The molecule has 0 unspecified atom stereocenters. The monoisotopic (exact) mass is 238 g/mol. The van der Waals surface area contributed by atoms with Gasteiger partial charge in [-0.15, -0.1) is 0 Å². The van der Waals surface area contributed by atoms with Crippen LogP contribution in [0.5, 0.6) is 0 Å². The highest BCUT2D eigenvalue weighted by Crippen LogP contribution is 2.20. The zero-order valence-corrected chi connectivity index (χ0v) is 10.7. The molecule has 0 spiro atoms. The van der Waals surface area contributed by atoms with Gasteiger partial charge >= 0.3 is 0 Å². The first-order chi connectivity index (χ1) is 7.49. The van der Waals surface area contributed by atoms with Crippen LogP contribution in [0, 0.1) is 20.8 Å². The maximum atomic E-state index is 6.20. The van der Waals surface area contributed by atoms with Crippen LogP contribution >= 0.6 is 11.6 Å². The summed E-state index contributed by atoms with van der Waals surface area (Å²) in [5.41, 5.74) is 4.01. The van der Waals surface area contributed by atoms with Crippen molar-refractivity contribution in [1.82, 2.24) is 19.6 Å².